The summed E-state index contributed by atoms with van der Waals surface area (Å²) in [5.74, 6) is 6.52. The number of unbranched alkanes of at least 4 members (excludes halogenated alkanes) is 6. The molecule has 392 valence electrons. The van der Waals surface area contributed by atoms with Crippen LogP contribution in [-0.2, 0) is 19.1 Å². The van der Waals surface area contributed by atoms with E-state index >= 15 is 0 Å². The molecule has 68 heavy (non-hydrogen) atoms. The number of carbonyl (C=O) groups excluding carboxylic acids is 2. The number of aliphatic hydroxyl groups is 3. The van der Waals surface area contributed by atoms with Crippen molar-refractivity contribution in [2.45, 2.75) is 272 Å². The minimum atomic E-state index is -0.606. The largest absolute Gasteiger partial charge is 0.469 e. The summed E-state index contributed by atoms with van der Waals surface area (Å²) in [6.45, 7) is 23.6. The fourth-order valence-electron chi connectivity index (χ4n) is 19.8. The standard InChI is InChI=1S/C33H56O5.C28H50O2/c1-7-8-9-10-17-33(5,36)28-12-11-24-23-21-27(38-30(35)14-13-29(34)37-6)26-20-22(2)15-18-31(26,3)25(23)16-19-32(24,28)4;1-6-7-8-9-14-28(5,30)25-11-10-21-20-18-24(29)23-17-19(2)12-15-26(23,3)22(20)13-16-27(21,25)4/h22-28,36H,7-21H2,1-6H3;19-25,29-30H,6-18H2,1-5H3/t22-,23-,24-,25-,26+,27-,28-,31+,32-,33-;19-,20-,21-,22-,23+,24-,25-,26+,27-,28-/m00/s1. The van der Waals surface area contributed by atoms with Crippen LogP contribution in [0.25, 0.3) is 0 Å². The van der Waals surface area contributed by atoms with Crippen molar-refractivity contribution in [2.24, 2.45) is 92.7 Å². The molecule has 0 aromatic carbocycles. The van der Waals surface area contributed by atoms with Crippen LogP contribution < -0.4 is 0 Å². The second-order valence-corrected chi connectivity index (χ2v) is 27.6. The molecule has 0 heterocycles. The molecule has 0 spiro atoms. The number of hydrogen-bond acceptors (Lipinski definition) is 7. The van der Waals surface area contributed by atoms with Gasteiger partial charge in [-0.1, -0.05) is 120 Å². The zero-order valence-corrected chi connectivity index (χ0v) is 45.9. The highest BCUT2D eigenvalue weighted by Crippen LogP contribution is 2.71. The van der Waals surface area contributed by atoms with E-state index in [4.69, 9.17) is 9.47 Å². The smallest absolute Gasteiger partial charge is 0.306 e. The van der Waals surface area contributed by atoms with Gasteiger partial charge in [-0.25, -0.2) is 0 Å². The van der Waals surface area contributed by atoms with E-state index in [2.05, 4.69) is 69.2 Å². The van der Waals surface area contributed by atoms with Crippen molar-refractivity contribution in [3.8, 4) is 0 Å². The van der Waals surface area contributed by atoms with Crippen molar-refractivity contribution < 1.29 is 34.4 Å². The first-order valence-electron chi connectivity index (χ1n) is 29.5. The molecular weight excluding hydrogens is 845 g/mol. The Morgan fingerprint density at radius 2 is 0.956 bits per heavy atom. The van der Waals surface area contributed by atoms with Crippen LogP contribution >= 0.6 is 0 Å². The van der Waals surface area contributed by atoms with Crippen molar-refractivity contribution in [1.82, 2.24) is 0 Å². The Kier molecular flexibility index (Phi) is 17.4. The highest BCUT2D eigenvalue weighted by atomic mass is 16.5. The maximum atomic E-state index is 12.9. The number of fused-ring (bicyclic) bond motifs is 10. The summed E-state index contributed by atoms with van der Waals surface area (Å²) in [4.78, 5) is 24.5. The minimum absolute atomic E-state index is 0.0647. The first-order valence-corrected chi connectivity index (χ1v) is 29.5. The van der Waals surface area contributed by atoms with Gasteiger partial charge in [-0.3, -0.25) is 9.59 Å². The lowest BCUT2D eigenvalue weighted by Gasteiger charge is -2.63. The minimum Gasteiger partial charge on any atom is -0.469 e. The molecule has 0 aromatic heterocycles. The fraction of sp³-hybridized carbons (Fsp3) is 0.967. The number of esters is 2. The molecule has 8 rings (SSSR count). The van der Waals surface area contributed by atoms with Gasteiger partial charge in [0.05, 0.1) is 37.3 Å². The number of ether oxygens (including phenoxy) is 2. The Hall–Kier alpha value is -1.18. The van der Waals surface area contributed by atoms with Gasteiger partial charge in [0, 0.05) is 5.92 Å². The van der Waals surface area contributed by atoms with Gasteiger partial charge in [0.25, 0.3) is 0 Å². The molecule has 8 saturated carbocycles. The van der Waals surface area contributed by atoms with E-state index in [1.807, 2.05) is 0 Å². The predicted molar refractivity (Wildman–Crippen MR) is 275 cm³/mol. The average Bonchev–Trinajstić information content (AvgIpc) is 3.85. The Bertz CT molecular complexity index is 1670. The van der Waals surface area contributed by atoms with E-state index in [9.17, 15) is 24.9 Å². The lowest BCUT2D eigenvalue weighted by Crippen LogP contribution is -2.59. The maximum Gasteiger partial charge on any atom is 0.306 e. The summed E-state index contributed by atoms with van der Waals surface area (Å²) < 4.78 is 11.0. The number of rotatable bonds is 16. The van der Waals surface area contributed by atoms with Crippen molar-refractivity contribution in [2.75, 3.05) is 7.11 Å². The van der Waals surface area contributed by atoms with Crippen LogP contribution in [0.4, 0.5) is 0 Å². The lowest BCUT2D eigenvalue weighted by atomic mass is 9.43. The molecule has 0 radical (unpaired) electrons. The SMILES string of the molecule is CCCCCC[C@](C)(O)[C@H]1CC[C@H]2[C@@H]3C[C@H](O)[C@H]4C[C@@H](C)CC[C@]4(C)[C@H]3CC[C@@]21C.CCCCCC[C@](C)(O)[C@H]1CC[C@H]2[C@@H]3C[C@H](OC(=O)CCC(=O)OC)[C@H]4C[C@@H](C)CC[C@]4(C)[C@H]3CC[C@@]21C. The molecule has 0 amide bonds. The monoisotopic (exact) mass is 951 g/mol. The second kappa shape index (κ2) is 21.7. The molecule has 0 unspecified atom stereocenters. The Balaban J connectivity index is 0.000000207. The predicted octanol–water partition coefficient (Wildman–Crippen LogP) is 14.5. The van der Waals surface area contributed by atoms with Gasteiger partial charge < -0.3 is 24.8 Å². The fourth-order valence-corrected chi connectivity index (χ4v) is 19.8. The van der Waals surface area contributed by atoms with E-state index in [1.165, 1.54) is 129 Å². The molecule has 0 saturated heterocycles. The van der Waals surface area contributed by atoms with Gasteiger partial charge in [0.15, 0.2) is 0 Å². The molecule has 8 aliphatic rings. The van der Waals surface area contributed by atoms with Gasteiger partial charge >= 0.3 is 11.9 Å². The quantitative estimate of drug-likeness (QED) is 0.104. The maximum absolute atomic E-state index is 12.9. The molecule has 8 aliphatic carbocycles. The summed E-state index contributed by atoms with van der Waals surface area (Å²) in [6, 6.07) is 0. The first-order chi connectivity index (χ1) is 32.1. The molecule has 8 fully saturated rings. The zero-order chi connectivity index (χ0) is 49.5. The molecule has 7 nitrogen and oxygen atoms in total. The molecule has 20 atom stereocenters. The van der Waals surface area contributed by atoms with Gasteiger partial charge in [0.2, 0.25) is 0 Å². The number of hydrogen-bond donors (Lipinski definition) is 3. The Morgan fingerprint density at radius 3 is 1.44 bits per heavy atom. The summed E-state index contributed by atoms with van der Waals surface area (Å²) in [5, 5.41) is 34.6. The third-order valence-electron chi connectivity index (χ3n) is 23.5. The summed E-state index contributed by atoms with van der Waals surface area (Å²) in [5.41, 5.74) is -0.169. The normalized spacial score (nSPS) is 45.6. The Labute approximate surface area is 417 Å². The van der Waals surface area contributed by atoms with Crippen molar-refractivity contribution in [1.29, 1.82) is 0 Å². The van der Waals surface area contributed by atoms with Gasteiger partial charge in [-0.2, -0.15) is 0 Å². The average molecular weight is 952 g/mol. The number of carbonyl (C=O) groups is 2. The summed E-state index contributed by atoms with van der Waals surface area (Å²) >= 11 is 0. The molecule has 7 heteroatoms. The van der Waals surface area contributed by atoms with Crippen molar-refractivity contribution >= 4 is 11.9 Å². The zero-order valence-electron chi connectivity index (χ0n) is 45.9. The van der Waals surface area contributed by atoms with E-state index < -0.39 is 11.2 Å². The van der Waals surface area contributed by atoms with Gasteiger partial charge in [-0.05, 0) is 203 Å². The Morgan fingerprint density at radius 1 is 0.529 bits per heavy atom. The molecule has 3 N–H and O–H groups in total. The third kappa shape index (κ3) is 10.6. The number of methoxy groups -OCH3 is 1. The van der Waals surface area contributed by atoms with Crippen LogP contribution in [0.1, 0.15) is 249 Å². The van der Waals surface area contributed by atoms with Crippen molar-refractivity contribution in [3.05, 3.63) is 0 Å². The molecule has 0 aromatic rings. The van der Waals surface area contributed by atoms with Crippen LogP contribution in [-0.4, -0.2) is 57.8 Å². The van der Waals surface area contributed by atoms with Crippen LogP contribution in [0.5, 0.6) is 0 Å². The third-order valence-corrected chi connectivity index (χ3v) is 23.5. The highest BCUT2D eigenvalue weighted by molar-refractivity contribution is 5.77. The van der Waals surface area contributed by atoms with Crippen molar-refractivity contribution in [3.63, 3.8) is 0 Å². The topological polar surface area (TPSA) is 113 Å². The van der Waals surface area contributed by atoms with Crippen LogP contribution in [0.2, 0.25) is 0 Å². The summed E-state index contributed by atoms with van der Waals surface area (Å²) in [6.07, 6.45) is 31.0. The van der Waals surface area contributed by atoms with E-state index in [-0.39, 0.29) is 53.2 Å². The van der Waals surface area contributed by atoms with Crippen LogP contribution in [0.3, 0.4) is 0 Å². The molecule has 0 aliphatic heterocycles. The highest BCUT2D eigenvalue weighted by Gasteiger charge is 2.66. The molecular formula is C61H106O7. The van der Waals surface area contributed by atoms with Crippen LogP contribution in [0, 0.1) is 92.7 Å². The second-order valence-electron chi connectivity index (χ2n) is 27.6. The first kappa shape index (κ1) is 54.6. The van der Waals surface area contributed by atoms with Crippen LogP contribution in [0.15, 0.2) is 0 Å². The summed E-state index contributed by atoms with van der Waals surface area (Å²) in [7, 11) is 1.36. The lowest BCUT2D eigenvalue weighted by molar-refractivity contribution is -0.193. The van der Waals surface area contributed by atoms with Gasteiger partial charge in [-0.15, -0.1) is 0 Å². The van der Waals surface area contributed by atoms with Gasteiger partial charge in [0.1, 0.15) is 6.10 Å². The van der Waals surface area contributed by atoms with E-state index in [0.29, 0.717) is 64.6 Å². The van der Waals surface area contributed by atoms with E-state index in [0.717, 1.165) is 56.8 Å². The molecule has 0 bridgehead atoms. The van der Waals surface area contributed by atoms with E-state index in [1.54, 1.807) is 0 Å². The number of aliphatic hydroxyl groups excluding tert-OH is 1.